The van der Waals surface area contributed by atoms with Crippen LogP contribution in [0.2, 0.25) is 0 Å². The summed E-state index contributed by atoms with van der Waals surface area (Å²) in [7, 11) is -3.38. The van der Waals surface area contributed by atoms with E-state index in [0.29, 0.717) is 19.0 Å². The van der Waals surface area contributed by atoms with E-state index < -0.39 is 10.0 Å². The Bertz CT molecular complexity index is 432. The van der Waals surface area contributed by atoms with E-state index >= 15 is 0 Å². The zero-order chi connectivity index (χ0) is 11.6. The van der Waals surface area contributed by atoms with Crippen molar-refractivity contribution < 1.29 is 8.42 Å². The molecular weight excluding hydrogens is 250 g/mol. The van der Waals surface area contributed by atoms with Crippen LogP contribution in [0.4, 0.5) is 0 Å². The Balaban J connectivity index is 2.18. The van der Waals surface area contributed by atoms with Crippen molar-refractivity contribution in [3.05, 3.63) is 12.4 Å². The van der Waals surface area contributed by atoms with Crippen molar-refractivity contribution in [1.82, 2.24) is 14.5 Å². The van der Waals surface area contributed by atoms with Crippen molar-refractivity contribution in [1.29, 1.82) is 0 Å². The summed E-state index contributed by atoms with van der Waals surface area (Å²) in [5.74, 6) is 0.773. The molecule has 0 radical (unpaired) electrons. The molecule has 2 rings (SSSR count). The number of nitrogens with zero attached hydrogens (tertiary/aromatic N) is 2. The van der Waals surface area contributed by atoms with Crippen LogP contribution in [0, 0.1) is 5.92 Å². The molecule has 0 spiro atoms. The second-order valence-corrected chi connectivity index (χ2v) is 6.21. The molecule has 0 bridgehead atoms. The highest BCUT2D eigenvalue weighted by molar-refractivity contribution is 7.89. The number of sulfonamides is 1. The van der Waals surface area contributed by atoms with Gasteiger partial charge in [0.15, 0.2) is 0 Å². The van der Waals surface area contributed by atoms with Crippen molar-refractivity contribution in [3.8, 4) is 0 Å². The van der Waals surface area contributed by atoms with Gasteiger partial charge >= 0.3 is 0 Å². The third kappa shape index (κ3) is 2.23. The first kappa shape index (κ1) is 11.9. The average molecular weight is 264 g/mol. The van der Waals surface area contributed by atoms with Gasteiger partial charge in [-0.25, -0.2) is 8.42 Å². The molecule has 0 aromatic carbocycles. The Labute approximate surface area is 99.8 Å². The van der Waals surface area contributed by atoms with Crippen LogP contribution in [0.25, 0.3) is 0 Å². The standard InChI is InChI=1S/C9H14ClN3O2S/c10-4-8-2-1-3-13(7-8)16(14,15)9-5-11-12-6-9/h5-6,8H,1-4,7H2,(H,11,12). The van der Waals surface area contributed by atoms with E-state index in [4.69, 9.17) is 11.6 Å². The molecular formula is C9H14ClN3O2S. The van der Waals surface area contributed by atoms with Crippen LogP contribution >= 0.6 is 11.6 Å². The molecule has 2 heterocycles. The molecule has 7 heteroatoms. The molecule has 0 aliphatic carbocycles. The van der Waals surface area contributed by atoms with Crippen LogP contribution in [0.5, 0.6) is 0 Å². The molecule has 0 saturated carbocycles. The number of H-pyrrole nitrogens is 1. The lowest BCUT2D eigenvalue weighted by molar-refractivity contribution is 0.283. The molecule has 5 nitrogen and oxygen atoms in total. The zero-order valence-electron chi connectivity index (χ0n) is 8.76. The molecule has 1 aliphatic heterocycles. The van der Waals surface area contributed by atoms with Gasteiger partial charge in [0.1, 0.15) is 4.90 Å². The first-order valence-electron chi connectivity index (χ1n) is 5.19. The normalized spacial score (nSPS) is 23.4. The predicted molar refractivity (Wildman–Crippen MR) is 60.8 cm³/mol. The van der Waals surface area contributed by atoms with Crippen LogP contribution in [0.1, 0.15) is 12.8 Å². The minimum Gasteiger partial charge on any atom is -0.284 e. The largest absolute Gasteiger partial charge is 0.284 e. The van der Waals surface area contributed by atoms with Crippen molar-refractivity contribution in [3.63, 3.8) is 0 Å². The van der Waals surface area contributed by atoms with Crippen molar-refractivity contribution in [2.24, 2.45) is 5.92 Å². The van der Waals surface area contributed by atoms with Gasteiger partial charge in [0.25, 0.3) is 0 Å². The lowest BCUT2D eigenvalue weighted by atomic mass is 10.0. The molecule has 16 heavy (non-hydrogen) atoms. The number of rotatable bonds is 3. The molecule has 1 unspecified atom stereocenters. The Kier molecular flexibility index (Phi) is 3.51. The van der Waals surface area contributed by atoms with Crippen LogP contribution in [0.15, 0.2) is 17.3 Å². The molecule has 1 N–H and O–H groups in total. The number of aromatic nitrogens is 2. The first-order valence-corrected chi connectivity index (χ1v) is 7.17. The van der Waals surface area contributed by atoms with E-state index in [1.807, 2.05) is 0 Å². The van der Waals surface area contributed by atoms with Gasteiger partial charge in [-0.15, -0.1) is 11.6 Å². The summed E-state index contributed by atoms with van der Waals surface area (Å²) in [6.07, 6.45) is 4.61. The van der Waals surface area contributed by atoms with E-state index in [1.165, 1.54) is 16.7 Å². The number of piperidine rings is 1. The maximum absolute atomic E-state index is 12.1. The number of aromatic amines is 1. The molecule has 1 aromatic rings. The predicted octanol–water partition coefficient (Wildman–Crippen LogP) is 1.05. The minimum absolute atomic E-state index is 0.225. The summed E-state index contributed by atoms with van der Waals surface area (Å²) in [6, 6.07) is 0. The van der Waals surface area contributed by atoms with Gasteiger partial charge in [0, 0.05) is 25.2 Å². The van der Waals surface area contributed by atoms with E-state index in [2.05, 4.69) is 10.2 Å². The molecule has 90 valence electrons. The number of alkyl halides is 1. The lowest BCUT2D eigenvalue weighted by Gasteiger charge is -2.30. The molecule has 1 aromatic heterocycles. The lowest BCUT2D eigenvalue weighted by Crippen LogP contribution is -2.40. The summed E-state index contributed by atoms with van der Waals surface area (Å²) in [4.78, 5) is 0.225. The summed E-state index contributed by atoms with van der Waals surface area (Å²) in [5.41, 5.74) is 0. The monoisotopic (exact) mass is 263 g/mol. The smallest absolute Gasteiger partial charge is 0.246 e. The molecule has 1 aliphatic rings. The van der Waals surface area contributed by atoms with E-state index in [9.17, 15) is 8.42 Å². The molecule has 1 saturated heterocycles. The number of hydrogen-bond acceptors (Lipinski definition) is 3. The van der Waals surface area contributed by atoms with E-state index in [1.54, 1.807) is 0 Å². The Morgan fingerprint density at radius 1 is 1.62 bits per heavy atom. The fourth-order valence-corrected chi connectivity index (χ4v) is 3.61. The van der Waals surface area contributed by atoms with Gasteiger partial charge in [0.2, 0.25) is 10.0 Å². The van der Waals surface area contributed by atoms with Crippen molar-refractivity contribution in [2.45, 2.75) is 17.7 Å². The third-order valence-electron chi connectivity index (χ3n) is 2.81. The number of halogens is 1. The fourth-order valence-electron chi connectivity index (χ4n) is 1.90. The maximum atomic E-state index is 12.1. The molecule has 1 fully saturated rings. The zero-order valence-corrected chi connectivity index (χ0v) is 10.3. The Morgan fingerprint density at radius 3 is 3.06 bits per heavy atom. The van der Waals surface area contributed by atoms with Crippen LogP contribution < -0.4 is 0 Å². The number of hydrogen-bond donors (Lipinski definition) is 1. The van der Waals surface area contributed by atoms with Crippen molar-refractivity contribution >= 4 is 21.6 Å². The number of nitrogens with one attached hydrogen (secondary N) is 1. The second kappa shape index (κ2) is 4.73. The minimum atomic E-state index is -3.38. The van der Waals surface area contributed by atoms with Crippen molar-refractivity contribution in [2.75, 3.05) is 19.0 Å². The fraction of sp³-hybridized carbons (Fsp3) is 0.667. The second-order valence-electron chi connectivity index (χ2n) is 3.96. The van der Waals surface area contributed by atoms with Gasteiger partial charge in [-0.3, -0.25) is 5.10 Å². The average Bonchev–Trinajstić information content (AvgIpc) is 2.83. The van der Waals surface area contributed by atoms with Gasteiger partial charge in [-0.1, -0.05) is 0 Å². The Morgan fingerprint density at radius 2 is 2.44 bits per heavy atom. The van der Waals surface area contributed by atoms with Gasteiger partial charge < -0.3 is 0 Å². The van der Waals surface area contributed by atoms with Gasteiger partial charge in [-0.2, -0.15) is 9.40 Å². The summed E-state index contributed by atoms with van der Waals surface area (Å²) in [5, 5.41) is 6.18. The van der Waals surface area contributed by atoms with Crippen LogP contribution in [-0.2, 0) is 10.0 Å². The van der Waals surface area contributed by atoms with E-state index in [-0.39, 0.29) is 10.8 Å². The third-order valence-corrected chi connectivity index (χ3v) is 5.08. The summed E-state index contributed by atoms with van der Waals surface area (Å²) in [6.45, 7) is 1.08. The van der Waals surface area contributed by atoms with Gasteiger partial charge in [0.05, 0.1) is 6.20 Å². The molecule has 0 amide bonds. The first-order chi connectivity index (χ1) is 7.64. The van der Waals surface area contributed by atoms with Gasteiger partial charge in [-0.05, 0) is 18.8 Å². The highest BCUT2D eigenvalue weighted by Crippen LogP contribution is 2.23. The summed E-state index contributed by atoms with van der Waals surface area (Å²) < 4.78 is 25.8. The highest BCUT2D eigenvalue weighted by atomic mass is 35.5. The highest BCUT2D eigenvalue weighted by Gasteiger charge is 2.30. The van der Waals surface area contributed by atoms with Crippen LogP contribution in [0.3, 0.4) is 0 Å². The topological polar surface area (TPSA) is 66.1 Å². The molecule has 1 atom stereocenters. The van der Waals surface area contributed by atoms with Crippen LogP contribution in [-0.4, -0.2) is 41.9 Å². The quantitative estimate of drug-likeness (QED) is 0.829. The van der Waals surface area contributed by atoms with E-state index in [0.717, 1.165) is 12.8 Å². The Hall–Kier alpha value is -0.590. The summed E-state index contributed by atoms with van der Waals surface area (Å²) >= 11 is 5.78. The maximum Gasteiger partial charge on any atom is 0.246 e. The SMILES string of the molecule is O=S(=O)(c1cn[nH]c1)N1CCCC(CCl)C1.